The van der Waals surface area contributed by atoms with Crippen molar-refractivity contribution in [3.8, 4) is 11.8 Å². The van der Waals surface area contributed by atoms with Crippen molar-refractivity contribution in [1.82, 2.24) is 10.2 Å². The Kier molecular flexibility index (Phi) is 5.65. The molecule has 0 spiro atoms. The van der Waals surface area contributed by atoms with Crippen LogP contribution >= 0.6 is 0 Å². The minimum absolute atomic E-state index is 0.00810. The molecular formula is C17H22N2O2. The first kappa shape index (κ1) is 15.4. The number of carbonyl (C=O) groups excluding carboxylic acids is 1. The summed E-state index contributed by atoms with van der Waals surface area (Å²) in [5.74, 6) is 6.21. The van der Waals surface area contributed by atoms with Crippen molar-refractivity contribution in [2.24, 2.45) is 5.92 Å². The van der Waals surface area contributed by atoms with Gasteiger partial charge in [-0.2, -0.15) is 0 Å². The van der Waals surface area contributed by atoms with Gasteiger partial charge >= 0.3 is 6.03 Å². The Bertz CT molecular complexity index is 537. The van der Waals surface area contributed by atoms with Crippen LogP contribution in [-0.4, -0.2) is 35.7 Å². The van der Waals surface area contributed by atoms with Crippen LogP contribution in [0.15, 0.2) is 24.3 Å². The van der Waals surface area contributed by atoms with E-state index >= 15 is 0 Å². The highest BCUT2D eigenvalue weighted by Crippen LogP contribution is 2.15. The monoisotopic (exact) mass is 286 g/mol. The average molecular weight is 286 g/mol. The van der Waals surface area contributed by atoms with E-state index in [9.17, 15) is 4.79 Å². The number of nitrogens with one attached hydrogen (secondary N) is 1. The molecule has 4 heteroatoms. The lowest BCUT2D eigenvalue weighted by Gasteiger charge is -2.30. The average Bonchev–Trinajstić information content (AvgIpc) is 2.52. The molecule has 1 saturated heterocycles. The lowest BCUT2D eigenvalue weighted by molar-refractivity contribution is 0.173. The van der Waals surface area contributed by atoms with Crippen molar-refractivity contribution >= 4 is 6.03 Å². The molecule has 112 valence electrons. The van der Waals surface area contributed by atoms with E-state index in [0.717, 1.165) is 43.0 Å². The smallest absolute Gasteiger partial charge is 0.317 e. The van der Waals surface area contributed by atoms with Crippen LogP contribution in [-0.2, 0) is 6.54 Å². The molecular weight excluding hydrogens is 264 g/mol. The zero-order chi connectivity index (χ0) is 15.1. The lowest BCUT2D eigenvalue weighted by atomic mass is 10.00. The molecule has 0 aromatic heterocycles. The van der Waals surface area contributed by atoms with Gasteiger partial charge in [-0.05, 0) is 36.5 Å². The Hall–Kier alpha value is -1.99. The first-order chi connectivity index (χ1) is 10.2. The summed E-state index contributed by atoms with van der Waals surface area (Å²) in [6.45, 7) is 4.27. The molecule has 1 aromatic rings. The molecule has 2 rings (SSSR count). The number of piperidine rings is 1. The van der Waals surface area contributed by atoms with Crippen LogP contribution in [0, 0.1) is 17.8 Å². The molecule has 0 atom stereocenters. The van der Waals surface area contributed by atoms with Crippen LogP contribution < -0.4 is 5.32 Å². The molecule has 0 radical (unpaired) electrons. The SMILES string of the molecule is CC1CCN(C(=O)NCc2cccc(C#CCO)c2)CC1. The van der Waals surface area contributed by atoms with Gasteiger partial charge in [0, 0.05) is 25.2 Å². The molecule has 1 aliphatic heterocycles. The summed E-state index contributed by atoms with van der Waals surface area (Å²) in [5.41, 5.74) is 1.86. The number of amides is 2. The predicted octanol–water partition coefficient (Wildman–Crippen LogP) is 1.97. The Morgan fingerprint density at radius 1 is 1.43 bits per heavy atom. The minimum Gasteiger partial charge on any atom is -0.384 e. The highest BCUT2D eigenvalue weighted by atomic mass is 16.2. The predicted molar refractivity (Wildman–Crippen MR) is 82.6 cm³/mol. The van der Waals surface area contributed by atoms with Gasteiger partial charge < -0.3 is 15.3 Å². The topological polar surface area (TPSA) is 52.6 Å². The van der Waals surface area contributed by atoms with E-state index in [1.807, 2.05) is 29.2 Å². The summed E-state index contributed by atoms with van der Waals surface area (Å²) >= 11 is 0. The van der Waals surface area contributed by atoms with Gasteiger partial charge in [0.2, 0.25) is 0 Å². The third kappa shape index (κ3) is 4.80. The van der Waals surface area contributed by atoms with Gasteiger partial charge in [-0.3, -0.25) is 0 Å². The van der Waals surface area contributed by atoms with Crippen LogP contribution in [0.3, 0.4) is 0 Å². The lowest BCUT2D eigenvalue weighted by Crippen LogP contribution is -2.43. The molecule has 1 heterocycles. The highest BCUT2D eigenvalue weighted by Gasteiger charge is 2.19. The molecule has 21 heavy (non-hydrogen) atoms. The maximum Gasteiger partial charge on any atom is 0.317 e. The number of aliphatic hydroxyl groups is 1. The molecule has 1 aromatic carbocycles. The van der Waals surface area contributed by atoms with E-state index in [1.54, 1.807) is 0 Å². The van der Waals surface area contributed by atoms with E-state index in [2.05, 4.69) is 24.1 Å². The fourth-order valence-electron chi connectivity index (χ4n) is 2.40. The molecule has 0 unspecified atom stereocenters. The Balaban J connectivity index is 1.86. The summed E-state index contributed by atoms with van der Waals surface area (Å²) in [6, 6.07) is 7.70. The van der Waals surface area contributed by atoms with Crippen LogP contribution in [0.25, 0.3) is 0 Å². The van der Waals surface area contributed by atoms with Crippen molar-refractivity contribution in [3.05, 3.63) is 35.4 Å². The molecule has 4 nitrogen and oxygen atoms in total. The molecule has 2 N–H and O–H groups in total. The number of aliphatic hydroxyl groups excluding tert-OH is 1. The second kappa shape index (κ2) is 7.70. The minimum atomic E-state index is -0.144. The number of carbonyl (C=O) groups is 1. The first-order valence-electron chi connectivity index (χ1n) is 7.40. The summed E-state index contributed by atoms with van der Waals surface area (Å²) in [6.07, 6.45) is 2.17. The van der Waals surface area contributed by atoms with Crippen LogP contribution in [0.5, 0.6) is 0 Å². The van der Waals surface area contributed by atoms with Gasteiger partial charge in [-0.15, -0.1) is 0 Å². The Morgan fingerprint density at radius 2 is 2.19 bits per heavy atom. The highest BCUT2D eigenvalue weighted by molar-refractivity contribution is 5.74. The number of nitrogens with zero attached hydrogens (tertiary/aromatic N) is 1. The third-order valence-electron chi connectivity index (χ3n) is 3.75. The van der Waals surface area contributed by atoms with E-state index in [4.69, 9.17) is 5.11 Å². The number of rotatable bonds is 2. The normalized spacial score (nSPS) is 15.2. The van der Waals surface area contributed by atoms with Crippen molar-refractivity contribution in [2.45, 2.75) is 26.3 Å². The van der Waals surface area contributed by atoms with Gasteiger partial charge in [0.15, 0.2) is 0 Å². The first-order valence-corrected chi connectivity index (χ1v) is 7.40. The zero-order valence-electron chi connectivity index (χ0n) is 12.4. The Morgan fingerprint density at radius 3 is 2.90 bits per heavy atom. The molecule has 1 fully saturated rings. The van der Waals surface area contributed by atoms with Gasteiger partial charge in [0.25, 0.3) is 0 Å². The fraction of sp³-hybridized carbons (Fsp3) is 0.471. The fourth-order valence-corrected chi connectivity index (χ4v) is 2.40. The van der Waals surface area contributed by atoms with Crippen LogP contribution in [0.4, 0.5) is 4.79 Å². The van der Waals surface area contributed by atoms with Crippen molar-refractivity contribution < 1.29 is 9.90 Å². The van der Waals surface area contributed by atoms with Gasteiger partial charge in [-0.1, -0.05) is 30.9 Å². The van der Waals surface area contributed by atoms with E-state index in [1.165, 1.54) is 0 Å². The molecule has 1 aliphatic rings. The molecule has 0 saturated carbocycles. The summed E-state index contributed by atoms with van der Waals surface area (Å²) in [5, 5.41) is 11.7. The van der Waals surface area contributed by atoms with E-state index in [0.29, 0.717) is 6.54 Å². The molecule has 0 aliphatic carbocycles. The Labute approximate surface area is 126 Å². The van der Waals surface area contributed by atoms with Crippen molar-refractivity contribution in [3.63, 3.8) is 0 Å². The summed E-state index contributed by atoms with van der Waals surface area (Å²) in [4.78, 5) is 14.0. The molecule has 0 bridgehead atoms. The number of likely N-dealkylation sites (tertiary alicyclic amines) is 1. The zero-order valence-corrected chi connectivity index (χ0v) is 12.4. The number of hydrogen-bond donors (Lipinski definition) is 2. The van der Waals surface area contributed by atoms with Gasteiger partial charge in [-0.25, -0.2) is 4.79 Å². The number of benzene rings is 1. The largest absolute Gasteiger partial charge is 0.384 e. The summed E-state index contributed by atoms with van der Waals surface area (Å²) in [7, 11) is 0. The maximum atomic E-state index is 12.1. The van der Waals surface area contributed by atoms with E-state index in [-0.39, 0.29) is 12.6 Å². The van der Waals surface area contributed by atoms with Crippen LogP contribution in [0.2, 0.25) is 0 Å². The van der Waals surface area contributed by atoms with Gasteiger partial charge in [0.05, 0.1) is 0 Å². The summed E-state index contributed by atoms with van der Waals surface area (Å²) < 4.78 is 0. The van der Waals surface area contributed by atoms with E-state index < -0.39 is 0 Å². The third-order valence-corrected chi connectivity index (χ3v) is 3.75. The second-order valence-electron chi connectivity index (χ2n) is 5.49. The van der Waals surface area contributed by atoms with Crippen LogP contribution in [0.1, 0.15) is 30.9 Å². The molecule has 2 amide bonds. The number of urea groups is 1. The van der Waals surface area contributed by atoms with Gasteiger partial charge in [0.1, 0.15) is 6.61 Å². The number of hydrogen-bond acceptors (Lipinski definition) is 2. The maximum absolute atomic E-state index is 12.1. The standard InChI is InChI=1S/C17H22N2O2/c1-14-7-9-19(10-8-14)17(21)18-13-16-5-2-4-15(12-16)6-3-11-20/h2,4-5,12,14,20H,7-11,13H2,1H3,(H,18,21). The van der Waals surface area contributed by atoms with Crippen molar-refractivity contribution in [1.29, 1.82) is 0 Å². The van der Waals surface area contributed by atoms with Crippen molar-refractivity contribution in [2.75, 3.05) is 19.7 Å². The quantitative estimate of drug-likeness (QED) is 0.817. The second-order valence-corrected chi connectivity index (χ2v) is 5.49.